The van der Waals surface area contributed by atoms with E-state index in [1.165, 1.54) is 0 Å². The van der Waals surface area contributed by atoms with Crippen LogP contribution in [0.25, 0.3) is 0 Å². The van der Waals surface area contributed by atoms with Gasteiger partial charge in [0.1, 0.15) is 18.9 Å². The van der Waals surface area contributed by atoms with Crippen LogP contribution >= 0.6 is 0 Å². The molecule has 1 unspecified atom stereocenters. The summed E-state index contributed by atoms with van der Waals surface area (Å²) in [5.74, 6) is 1.02. The van der Waals surface area contributed by atoms with Gasteiger partial charge in [0, 0.05) is 5.69 Å². The number of carbonyl (C=O) groups is 1. The third-order valence-electron chi connectivity index (χ3n) is 5.18. The molecule has 0 fully saturated rings. The Bertz CT molecular complexity index is 1130. The maximum Gasteiger partial charge on any atom is 0.345 e. The Balaban J connectivity index is 1.65. The van der Waals surface area contributed by atoms with Crippen molar-refractivity contribution in [3.63, 3.8) is 0 Å². The number of nitrogens with zero attached hydrogens (tertiary/aromatic N) is 1. The molecule has 31 heavy (non-hydrogen) atoms. The summed E-state index contributed by atoms with van der Waals surface area (Å²) >= 11 is 0. The average molecular weight is 419 g/mol. The van der Waals surface area contributed by atoms with E-state index in [1.807, 2.05) is 62.4 Å². The highest BCUT2D eigenvalue weighted by molar-refractivity contribution is 5.92. The molecule has 7 heteroatoms. The highest BCUT2D eigenvalue weighted by Gasteiger charge is 2.21. The first-order chi connectivity index (χ1) is 15.0. The van der Waals surface area contributed by atoms with Crippen molar-refractivity contribution in [3.8, 4) is 11.5 Å². The van der Waals surface area contributed by atoms with Crippen molar-refractivity contribution < 1.29 is 14.3 Å². The zero-order chi connectivity index (χ0) is 21.8. The molecular formula is C24H25N3O4. The molecule has 0 aliphatic carbocycles. The van der Waals surface area contributed by atoms with Crippen molar-refractivity contribution >= 4 is 5.91 Å². The van der Waals surface area contributed by atoms with Gasteiger partial charge in [0.15, 0.2) is 11.5 Å². The van der Waals surface area contributed by atoms with E-state index in [-0.39, 0.29) is 17.7 Å². The van der Waals surface area contributed by atoms with Gasteiger partial charge in [0.05, 0.1) is 6.04 Å². The van der Waals surface area contributed by atoms with E-state index >= 15 is 0 Å². The van der Waals surface area contributed by atoms with Crippen molar-refractivity contribution in [2.24, 2.45) is 0 Å². The van der Waals surface area contributed by atoms with Crippen LogP contribution in [-0.2, 0) is 6.42 Å². The van der Waals surface area contributed by atoms with Crippen LogP contribution in [0.5, 0.6) is 11.5 Å². The highest BCUT2D eigenvalue weighted by atomic mass is 16.6. The van der Waals surface area contributed by atoms with E-state index in [0.717, 1.165) is 11.1 Å². The maximum atomic E-state index is 13.1. The summed E-state index contributed by atoms with van der Waals surface area (Å²) in [4.78, 5) is 31.6. The number of amides is 1. The number of aromatic amines is 1. The van der Waals surface area contributed by atoms with Gasteiger partial charge in [0.25, 0.3) is 5.91 Å². The Labute approximate surface area is 180 Å². The third-order valence-corrected chi connectivity index (χ3v) is 5.18. The molecule has 1 atom stereocenters. The van der Waals surface area contributed by atoms with Gasteiger partial charge in [-0.25, -0.2) is 4.79 Å². The molecule has 1 aromatic heterocycles. The number of carbonyl (C=O) groups excluding carboxylic acids is 1. The number of rotatable bonds is 6. The molecule has 2 heterocycles. The summed E-state index contributed by atoms with van der Waals surface area (Å²) in [6, 6.07) is 16.9. The van der Waals surface area contributed by atoms with E-state index in [0.29, 0.717) is 36.8 Å². The molecule has 2 N–H and O–H groups in total. The van der Waals surface area contributed by atoms with Crippen molar-refractivity contribution in [2.45, 2.75) is 32.2 Å². The average Bonchev–Trinajstić information content (AvgIpc) is 2.78. The van der Waals surface area contributed by atoms with Crippen LogP contribution in [0.2, 0.25) is 0 Å². The van der Waals surface area contributed by atoms with E-state index in [1.54, 1.807) is 6.07 Å². The second-order valence-corrected chi connectivity index (χ2v) is 7.80. The van der Waals surface area contributed by atoms with Crippen LogP contribution < -0.4 is 20.5 Å². The molecule has 0 spiro atoms. The summed E-state index contributed by atoms with van der Waals surface area (Å²) < 4.78 is 11.3. The van der Waals surface area contributed by atoms with Gasteiger partial charge in [-0.2, -0.15) is 4.98 Å². The van der Waals surface area contributed by atoms with Crippen LogP contribution in [0.15, 0.2) is 59.4 Å². The molecule has 0 saturated carbocycles. The zero-order valence-corrected chi connectivity index (χ0v) is 17.6. The molecule has 7 nitrogen and oxygen atoms in total. The van der Waals surface area contributed by atoms with Crippen molar-refractivity contribution in [2.75, 3.05) is 13.2 Å². The fourth-order valence-electron chi connectivity index (χ4n) is 3.51. The first kappa shape index (κ1) is 20.7. The molecule has 0 bridgehead atoms. The Morgan fingerprint density at radius 3 is 2.55 bits per heavy atom. The topological polar surface area (TPSA) is 93.3 Å². The molecule has 1 aliphatic heterocycles. The fraction of sp³-hybridized carbons (Fsp3) is 0.292. The first-order valence-electron chi connectivity index (χ1n) is 10.3. The predicted molar refractivity (Wildman–Crippen MR) is 117 cm³/mol. The summed E-state index contributed by atoms with van der Waals surface area (Å²) in [6.07, 6.45) is 0.576. The second-order valence-electron chi connectivity index (χ2n) is 7.80. The molecule has 160 valence electrons. The predicted octanol–water partition coefficient (Wildman–Crippen LogP) is 3.38. The Hall–Kier alpha value is -3.61. The van der Waals surface area contributed by atoms with Crippen LogP contribution in [0.1, 0.15) is 53.1 Å². The molecule has 2 aromatic carbocycles. The minimum absolute atomic E-state index is 0.0696. The van der Waals surface area contributed by atoms with E-state index < -0.39 is 11.6 Å². The molecule has 0 radical (unpaired) electrons. The van der Waals surface area contributed by atoms with Gasteiger partial charge in [-0.15, -0.1) is 0 Å². The van der Waals surface area contributed by atoms with Gasteiger partial charge in [-0.3, -0.25) is 4.79 Å². The number of aromatic nitrogens is 2. The lowest BCUT2D eigenvalue weighted by Crippen LogP contribution is -2.32. The number of hydrogen-bond donors (Lipinski definition) is 2. The molecule has 0 saturated heterocycles. The standard InChI is InChI=1S/C24H25N3O4/c1-15(2)18-14-20(27-24(29)26-18)23(28)25-19(12-16-6-4-3-5-7-16)17-8-9-21-22(13-17)31-11-10-30-21/h3-9,13-15,19H,10-12H2,1-2H3,(H,25,28)(H,26,27,29). The van der Waals surface area contributed by atoms with Crippen molar-refractivity contribution in [1.82, 2.24) is 15.3 Å². The highest BCUT2D eigenvalue weighted by Crippen LogP contribution is 2.33. The lowest BCUT2D eigenvalue weighted by atomic mass is 9.98. The lowest BCUT2D eigenvalue weighted by Gasteiger charge is -2.23. The first-order valence-corrected chi connectivity index (χ1v) is 10.3. The number of ether oxygens (including phenoxy) is 2. The largest absolute Gasteiger partial charge is 0.486 e. The van der Waals surface area contributed by atoms with Crippen molar-refractivity contribution in [3.05, 3.63) is 87.6 Å². The van der Waals surface area contributed by atoms with Gasteiger partial charge in [-0.05, 0) is 41.7 Å². The fourth-order valence-corrected chi connectivity index (χ4v) is 3.51. The monoisotopic (exact) mass is 419 g/mol. The number of H-pyrrole nitrogens is 1. The van der Waals surface area contributed by atoms with E-state index in [2.05, 4.69) is 15.3 Å². The smallest absolute Gasteiger partial charge is 0.345 e. The van der Waals surface area contributed by atoms with Crippen LogP contribution in [0.3, 0.4) is 0 Å². The van der Waals surface area contributed by atoms with E-state index in [9.17, 15) is 9.59 Å². The summed E-state index contributed by atoms with van der Waals surface area (Å²) in [5, 5.41) is 3.05. The zero-order valence-electron chi connectivity index (χ0n) is 17.6. The van der Waals surface area contributed by atoms with Gasteiger partial charge < -0.3 is 19.8 Å². The second kappa shape index (κ2) is 9.04. The maximum absolute atomic E-state index is 13.1. The third kappa shape index (κ3) is 4.94. The minimum atomic E-state index is -0.532. The van der Waals surface area contributed by atoms with Crippen molar-refractivity contribution in [1.29, 1.82) is 0 Å². The van der Waals surface area contributed by atoms with Gasteiger partial charge >= 0.3 is 5.69 Å². The Kier molecular flexibility index (Phi) is 6.02. The normalized spacial score (nSPS) is 13.6. The SMILES string of the molecule is CC(C)c1cc(C(=O)NC(Cc2ccccc2)c2ccc3c(c2)OCCO3)nc(=O)[nH]1. The quantitative estimate of drug-likeness (QED) is 0.639. The number of hydrogen-bond acceptors (Lipinski definition) is 5. The Morgan fingerprint density at radius 2 is 1.81 bits per heavy atom. The number of nitrogens with one attached hydrogen (secondary N) is 2. The summed E-state index contributed by atoms with van der Waals surface area (Å²) in [7, 11) is 0. The van der Waals surface area contributed by atoms with Crippen LogP contribution in [0.4, 0.5) is 0 Å². The lowest BCUT2D eigenvalue weighted by molar-refractivity contribution is 0.0930. The Morgan fingerprint density at radius 1 is 1.06 bits per heavy atom. The van der Waals surface area contributed by atoms with Gasteiger partial charge in [-0.1, -0.05) is 50.2 Å². The van der Waals surface area contributed by atoms with Crippen LogP contribution in [0, 0.1) is 0 Å². The summed E-state index contributed by atoms with van der Waals surface area (Å²) in [5.41, 5.74) is 2.20. The molecular weight excluding hydrogens is 394 g/mol. The van der Waals surface area contributed by atoms with E-state index in [4.69, 9.17) is 9.47 Å². The molecule has 1 amide bonds. The van der Waals surface area contributed by atoms with Gasteiger partial charge in [0.2, 0.25) is 0 Å². The molecule has 1 aliphatic rings. The minimum Gasteiger partial charge on any atom is -0.486 e. The molecule has 3 aromatic rings. The molecule has 4 rings (SSSR count). The number of benzene rings is 2. The van der Waals surface area contributed by atoms with Crippen LogP contribution in [-0.4, -0.2) is 29.1 Å². The number of fused-ring (bicyclic) bond motifs is 1. The summed E-state index contributed by atoms with van der Waals surface area (Å²) in [6.45, 7) is 4.89.